The number of hydrogen-bond acceptors (Lipinski definition) is 6. The van der Waals surface area contributed by atoms with E-state index in [0.29, 0.717) is 6.54 Å². The minimum atomic E-state index is -5.33. The van der Waals surface area contributed by atoms with Crippen LogP contribution in [0.1, 0.15) is 39.5 Å². The fraction of sp³-hybridized carbons (Fsp3) is 1.00. The van der Waals surface area contributed by atoms with Gasteiger partial charge in [-0.2, -0.15) is 0 Å². The smallest absolute Gasteiger partial charge is 0.394 e. The molecular formula is C12H31NNaO9P2+. The van der Waals surface area contributed by atoms with Crippen molar-refractivity contribution in [2.45, 2.75) is 50.7 Å². The third-order valence-electron chi connectivity index (χ3n) is 3.17. The monoisotopic (exact) mass is 418 g/mol. The molecule has 0 aromatic heterocycles. The van der Waals surface area contributed by atoms with E-state index in [4.69, 9.17) is 29.8 Å². The van der Waals surface area contributed by atoms with E-state index in [1.807, 2.05) is 6.92 Å². The summed E-state index contributed by atoms with van der Waals surface area (Å²) in [6, 6.07) is 0. The van der Waals surface area contributed by atoms with Crippen molar-refractivity contribution >= 4 is 15.2 Å². The molecule has 10 nitrogen and oxygen atoms in total. The van der Waals surface area contributed by atoms with Gasteiger partial charge in [0.2, 0.25) is 0 Å². The fourth-order valence-electron chi connectivity index (χ4n) is 1.55. The second kappa shape index (κ2) is 14.2. The molecule has 1 unspecified atom stereocenters. The summed E-state index contributed by atoms with van der Waals surface area (Å²) in [4.78, 5) is 37.5. The van der Waals surface area contributed by atoms with Crippen molar-refractivity contribution in [3.8, 4) is 0 Å². The molecular weight excluding hydrogens is 387 g/mol. The van der Waals surface area contributed by atoms with Crippen LogP contribution in [0.2, 0.25) is 0 Å². The van der Waals surface area contributed by atoms with Gasteiger partial charge in [0.1, 0.15) is 0 Å². The predicted octanol–water partition coefficient (Wildman–Crippen LogP) is -3.14. The van der Waals surface area contributed by atoms with Gasteiger partial charge < -0.3 is 39.8 Å². The predicted molar refractivity (Wildman–Crippen MR) is 89.4 cm³/mol. The molecule has 0 rings (SSSR count). The van der Waals surface area contributed by atoms with Gasteiger partial charge in [-0.05, 0) is 26.9 Å². The normalized spacial score (nSPS) is 13.7. The Labute approximate surface area is 170 Å². The Balaban J connectivity index is -0.000000704. The van der Waals surface area contributed by atoms with Crippen LogP contribution in [0.25, 0.3) is 0 Å². The van der Waals surface area contributed by atoms with Crippen molar-refractivity contribution in [2.75, 3.05) is 26.7 Å². The van der Waals surface area contributed by atoms with Gasteiger partial charge in [0.15, 0.2) is 0 Å². The third kappa shape index (κ3) is 13.0. The molecule has 0 aromatic carbocycles. The molecule has 0 amide bonds. The average molecular weight is 418 g/mol. The van der Waals surface area contributed by atoms with Gasteiger partial charge in [-0.3, -0.25) is 9.13 Å². The van der Waals surface area contributed by atoms with E-state index < -0.39 is 32.8 Å². The summed E-state index contributed by atoms with van der Waals surface area (Å²) in [5.41, 5.74) is 0. The molecule has 0 saturated carbocycles. The molecule has 7 N–H and O–H groups in total. The first-order valence-corrected chi connectivity index (χ1v) is 10.8. The number of rotatable bonds is 10. The van der Waals surface area contributed by atoms with Gasteiger partial charge in [-0.15, -0.1) is 0 Å². The van der Waals surface area contributed by atoms with Crippen molar-refractivity contribution in [1.82, 2.24) is 4.90 Å². The van der Waals surface area contributed by atoms with E-state index in [-0.39, 0.29) is 42.7 Å². The summed E-state index contributed by atoms with van der Waals surface area (Å²) in [5.74, 6) is 0. The molecule has 0 aliphatic rings. The molecule has 0 aliphatic heterocycles. The van der Waals surface area contributed by atoms with E-state index >= 15 is 0 Å². The minimum Gasteiger partial charge on any atom is -0.394 e. The Hall–Kier alpha value is 1.14. The maximum Gasteiger partial charge on any atom is 1.00 e. The summed E-state index contributed by atoms with van der Waals surface area (Å²) >= 11 is 0. The number of aliphatic hydroxyl groups is 3. The van der Waals surface area contributed by atoms with Crippen molar-refractivity contribution in [1.29, 1.82) is 0 Å². The number of hydrogen-bond donors (Lipinski definition) is 7. The number of unbranched alkanes of at least 4 members (excludes halogenated alkanes) is 2. The summed E-state index contributed by atoms with van der Waals surface area (Å²) in [6.07, 6.45) is 1.63. The molecule has 0 heterocycles. The first-order valence-electron chi connectivity index (χ1n) is 7.54. The van der Waals surface area contributed by atoms with Crippen LogP contribution in [0.4, 0.5) is 0 Å². The average Bonchev–Trinajstić information content (AvgIpc) is 2.43. The van der Waals surface area contributed by atoms with Crippen LogP contribution in [0, 0.1) is 0 Å². The van der Waals surface area contributed by atoms with Crippen molar-refractivity contribution in [2.24, 2.45) is 0 Å². The Kier molecular flexibility index (Phi) is 17.5. The van der Waals surface area contributed by atoms with Crippen LogP contribution < -0.4 is 29.6 Å². The summed E-state index contributed by atoms with van der Waals surface area (Å²) in [7, 11) is -9.00. The SMILES string of the molecule is CC(O)CO.CCCCCN(C)CCC(O)(P(=O)(O)O)P(=O)(O)O.[Na+]. The zero-order valence-electron chi connectivity index (χ0n) is 15.3. The van der Waals surface area contributed by atoms with Crippen LogP contribution in [0.3, 0.4) is 0 Å². The first kappa shape index (κ1) is 30.9. The molecule has 0 radical (unpaired) electrons. The van der Waals surface area contributed by atoms with Crippen LogP contribution >= 0.6 is 15.2 Å². The first-order chi connectivity index (χ1) is 10.7. The van der Waals surface area contributed by atoms with E-state index in [1.54, 1.807) is 11.9 Å². The largest absolute Gasteiger partial charge is 1.00 e. The van der Waals surface area contributed by atoms with E-state index in [9.17, 15) is 14.2 Å². The number of aliphatic hydroxyl groups excluding tert-OH is 2. The van der Waals surface area contributed by atoms with Gasteiger partial charge in [-0.1, -0.05) is 19.8 Å². The minimum absolute atomic E-state index is 0. The third-order valence-corrected chi connectivity index (χ3v) is 7.05. The maximum atomic E-state index is 11.1. The fourth-order valence-corrected chi connectivity index (χ4v) is 3.69. The standard InChI is InChI=1S/C9H23NO7P2.C3H8O2.Na/c1-3-4-5-7-10(2)8-6-9(11,18(12,13)14)19(15,16)17;1-3(5)2-4;/h11H,3-8H2,1-2H3,(H2,12,13,14)(H2,15,16,17);3-5H,2H2,1H3;/q;;+1. The second-order valence-electron chi connectivity index (χ2n) is 5.65. The Morgan fingerprint density at radius 1 is 1.04 bits per heavy atom. The molecule has 0 spiro atoms. The van der Waals surface area contributed by atoms with E-state index in [0.717, 1.165) is 19.3 Å². The van der Waals surface area contributed by atoms with Crippen LogP contribution in [0.15, 0.2) is 0 Å². The Bertz CT molecular complexity index is 405. The van der Waals surface area contributed by atoms with Gasteiger partial charge in [-0.25, -0.2) is 0 Å². The van der Waals surface area contributed by atoms with E-state index in [2.05, 4.69) is 0 Å². The zero-order chi connectivity index (χ0) is 19.6. The molecule has 25 heavy (non-hydrogen) atoms. The Morgan fingerprint density at radius 3 is 1.72 bits per heavy atom. The molecule has 0 aromatic rings. The summed E-state index contributed by atoms with van der Waals surface area (Å²) < 4.78 is 22.2. The summed E-state index contributed by atoms with van der Waals surface area (Å²) in [5, 5.41) is 22.3. The van der Waals surface area contributed by atoms with Crippen LogP contribution in [-0.4, -0.2) is 77.7 Å². The molecule has 148 valence electrons. The van der Waals surface area contributed by atoms with Gasteiger partial charge in [0, 0.05) is 13.0 Å². The van der Waals surface area contributed by atoms with Gasteiger partial charge in [0.05, 0.1) is 12.7 Å². The summed E-state index contributed by atoms with van der Waals surface area (Å²) in [6.45, 7) is 4.03. The zero-order valence-corrected chi connectivity index (χ0v) is 19.1. The molecule has 0 saturated heterocycles. The van der Waals surface area contributed by atoms with Crippen molar-refractivity contribution in [3.63, 3.8) is 0 Å². The van der Waals surface area contributed by atoms with Crippen LogP contribution in [0.5, 0.6) is 0 Å². The van der Waals surface area contributed by atoms with E-state index in [1.165, 1.54) is 6.92 Å². The topological polar surface area (TPSA) is 179 Å². The molecule has 0 fully saturated rings. The van der Waals surface area contributed by atoms with Gasteiger partial charge in [0.25, 0.3) is 5.08 Å². The van der Waals surface area contributed by atoms with Gasteiger partial charge >= 0.3 is 44.7 Å². The van der Waals surface area contributed by atoms with Crippen molar-refractivity contribution in [3.05, 3.63) is 0 Å². The van der Waals surface area contributed by atoms with Crippen molar-refractivity contribution < 1.29 is 73.6 Å². The molecule has 1 atom stereocenters. The molecule has 0 bridgehead atoms. The maximum absolute atomic E-state index is 11.1. The molecule has 0 aliphatic carbocycles. The number of nitrogens with zero attached hydrogens (tertiary/aromatic N) is 1. The van der Waals surface area contributed by atoms with Crippen LogP contribution in [-0.2, 0) is 9.13 Å². The molecule has 13 heteroatoms. The Morgan fingerprint density at radius 2 is 1.44 bits per heavy atom. The second-order valence-corrected chi connectivity index (χ2v) is 9.66. The quantitative estimate of drug-likeness (QED) is 0.109.